The predicted molar refractivity (Wildman–Crippen MR) is 93.1 cm³/mol. The fraction of sp³-hybridized carbons (Fsp3) is 0.625. The van der Waals surface area contributed by atoms with Crippen LogP contribution in [0, 0.1) is 12.8 Å². The van der Waals surface area contributed by atoms with Crippen LogP contribution in [-0.4, -0.2) is 41.5 Å². The van der Waals surface area contributed by atoms with Crippen LogP contribution in [0.15, 0.2) is 18.3 Å². The molecule has 1 aliphatic carbocycles. The number of aryl methyl sites for hydroxylation is 1. The Morgan fingerprint density at radius 3 is 2.55 bits per heavy atom. The number of hydrogen-bond acceptors (Lipinski definition) is 3. The minimum atomic E-state index is 0. The van der Waals surface area contributed by atoms with E-state index in [1.165, 1.54) is 19.4 Å². The lowest BCUT2D eigenvalue weighted by Crippen LogP contribution is -2.45. The van der Waals surface area contributed by atoms with Gasteiger partial charge in [0, 0.05) is 31.0 Å². The Hall–Kier alpha value is -0.840. The quantitative estimate of drug-likeness (QED) is 0.912. The molecule has 0 radical (unpaired) electrons. The lowest BCUT2D eigenvalue weighted by molar-refractivity contribution is 0.0703. The zero-order chi connectivity index (χ0) is 13.9. The number of nitrogens with zero attached hydrogens (tertiary/aromatic N) is 2. The molecular formula is C16H25Cl2N3O. The molecule has 1 saturated carbocycles. The number of rotatable bonds is 4. The topological polar surface area (TPSA) is 45.2 Å². The van der Waals surface area contributed by atoms with Crippen molar-refractivity contribution in [3.63, 3.8) is 0 Å². The average Bonchev–Trinajstić information content (AvgIpc) is 3.30. The third-order valence-electron chi connectivity index (χ3n) is 4.41. The highest BCUT2D eigenvalue weighted by atomic mass is 35.5. The van der Waals surface area contributed by atoms with E-state index in [4.69, 9.17) is 0 Å². The van der Waals surface area contributed by atoms with Crippen molar-refractivity contribution in [1.82, 2.24) is 15.2 Å². The van der Waals surface area contributed by atoms with E-state index in [1.807, 2.05) is 24.0 Å². The van der Waals surface area contributed by atoms with Crippen LogP contribution >= 0.6 is 24.8 Å². The van der Waals surface area contributed by atoms with Crippen LogP contribution in [-0.2, 0) is 0 Å². The Balaban J connectivity index is 0.00000121. The van der Waals surface area contributed by atoms with E-state index in [0.717, 1.165) is 43.1 Å². The molecule has 6 heteroatoms. The summed E-state index contributed by atoms with van der Waals surface area (Å²) >= 11 is 0. The van der Waals surface area contributed by atoms with Crippen molar-refractivity contribution in [2.45, 2.75) is 38.6 Å². The number of carbonyl (C=O) groups is 1. The summed E-state index contributed by atoms with van der Waals surface area (Å²) in [6.07, 6.45) is 6.66. The first-order valence-corrected chi connectivity index (χ1v) is 7.68. The van der Waals surface area contributed by atoms with Gasteiger partial charge in [-0.15, -0.1) is 24.8 Å². The molecule has 1 aromatic heterocycles. The second-order valence-electron chi connectivity index (χ2n) is 6.05. The number of piperidine rings is 1. The molecule has 1 aliphatic heterocycles. The minimum Gasteiger partial charge on any atom is -0.338 e. The van der Waals surface area contributed by atoms with Crippen molar-refractivity contribution >= 4 is 30.7 Å². The molecule has 1 saturated heterocycles. The predicted octanol–water partition coefficient (Wildman–Crippen LogP) is 2.84. The lowest BCUT2D eigenvalue weighted by Gasteiger charge is -2.32. The summed E-state index contributed by atoms with van der Waals surface area (Å²) in [6.45, 7) is 4.78. The second-order valence-corrected chi connectivity index (χ2v) is 6.05. The van der Waals surface area contributed by atoms with E-state index in [2.05, 4.69) is 10.3 Å². The van der Waals surface area contributed by atoms with Crippen molar-refractivity contribution in [2.24, 2.45) is 5.92 Å². The Bertz CT molecular complexity index is 486. The molecule has 22 heavy (non-hydrogen) atoms. The maximum Gasteiger partial charge on any atom is 0.255 e. The van der Waals surface area contributed by atoms with E-state index in [0.29, 0.717) is 6.04 Å². The van der Waals surface area contributed by atoms with Gasteiger partial charge in [-0.3, -0.25) is 9.78 Å². The molecule has 3 rings (SSSR count). The van der Waals surface area contributed by atoms with Crippen LogP contribution in [0.5, 0.6) is 0 Å². The molecule has 1 aromatic rings. The van der Waals surface area contributed by atoms with Gasteiger partial charge in [0.1, 0.15) is 0 Å². The number of amides is 1. The summed E-state index contributed by atoms with van der Waals surface area (Å²) in [5, 5.41) is 3.64. The molecule has 2 fully saturated rings. The monoisotopic (exact) mass is 345 g/mol. The molecule has 1 amide bonds. The highest BCUT2D eigenvalue weighted by Gasteiger charge is 2.26. The van der Waals surface area contributed by atoms with Gasteiger partial charge in [-0.2, -0.15) is 0 Å². The molecule has 2 heterocycles. The Morgan fingerprint density at radius 2 is 1.95 bits per heavy atom. The van der Waals surface area contributed by atoms with Crippen LogP contribution in [0.4, 0.5) is 0 Å². The van der Waals surface area contributed by atoms with E-state index >= 15 is 0 Å². The maximum atomic E-state index is 12.5. The van der Waals surface area contributed by atoms with Crippen LogP contribution < -0.4 is 5.32 Å². The first-order valence-electron chi connectivity index (χ1n) is 7.68. The van der Waals surface area contributed by atoms with Crippen molar-refractivity contribution in [2.75, 3.05) is 19.6 Å². The molecule has 0 bridgehead atoms. The molecule has 4 nitrogen and oxygen atoms in total. The number of halogens is 2. The summed E-state index contributed by atoms with van der Waals surface area (Å²) in [5.41, 5.74) is 1.57. The van der Waals surface area contributed by atoms with Gasteiger partial charge in [0.15, 0.2) is 0 Å². The van der Waals surface area contributed by atoms with Crippen LogP contribution in [0.1, 0.15) is 41.7 Å². The molecule has 0 atom stereocenters. The summed E-state index contributed by atoms with van der Waals surface area (Å²) < 4.78 is 0. The van der Waals surface area contributed by atoms with Crippen molar-refractivity contribution in [3.05, 3.63) is 29.6 Å². The van der Waals surface area contributed by atoms with Gasteiger partial charge in [0.25, 0.3) is 5.91 Å². The summed E-state index contributed by atoms with van der Waals surface area (Å²) in [4.78, 5) is 18.6. The third-order valence-corrected chi connectivity index (χ3v) is 4.41. The molecule has 124 valence electrons. The zero-order valence-electron chi connectivity index (χ0n) is 13.0. The normalized spacial score (nSPS) is 18.3. The van der Waals surface area contributed by atoms with E-state index < -0.39 is 0 Å². The first-order chi connectivity index (χ1) is 9.74. The van der Waals surface area contributed by atoms with Crippen molar-refractivity contribution in [3.8, 4) is 0 Å². The summed E-state index contributed by atoms with van der Waals surface area (Å²) in [5.74, 6) is 1.06. The van der Waals surface area contributed by atoms with E-state index in [-0.39, 0.29) is 30.7 Å². The van der Waals surface area contributed by atoms with Gasteiger partial charge >= 0.3 is 0 Å². The van der Waals surface area contributed by atoms with Crippen LogP contribution in [0.2, 0.25) is 0 Å². The third kappa shape index (κ3) is 4.83. The molecule has 0 unspecified atom stereocenters. The van der Waals surface area contributed by atoms with Gasteiger partial charge in [0.05, 0.1) is 5.56 Å². The Morgan fingerprint density at radius 1 is 1.27 bits per heavy atom. The van der Waals surface area contributed by atoms with Crippen LogP contribution in [0.3, 0.4) is 0 Å². The van der Waals surface area contributed by atoms with Crippen molar-refractivity contribution in [1.29, 1.82) is 0 Å². The molecule has 2 aliphatic rings. The number of aromatic nitrogens is 1. The number of nitrogens with one attached hydrogen (secondary N) is 1. The SMILES string of the molecule is Cc1ncccc1C(=O)N1CCC(NCC2CC2)CC1.Cl.Cl. The van der Waals surface area contributed by atoms with Crippen molar-refractivity contribution < 1.29 is 4.79 Å². The summed E-state index contributed by atoms with van der Waals surface area (Å²) in [7, 11) is 0. The zero-order valence-corrected chi connectivity index (χ0v) is 14.6. The smallest absolute Gasteiger partial charge is 0.255 e. The second kappa shape index (κ2) is 8.70. The molecule has 1 N–H and O–H groups in total. The highest BCUT2D eigenvalue weighted by molar-refractivity contribution is 5.95. The molecule has 0 spiro atoms. The Kier molecular flexibility index (Phi) is 7.60. The highest BCUT2D eigenvalue weighted by Crippen LogP contribution is 2.28. The lowest BCUT2D eigenvalue weighted by atomic mass is 10.0. The number of hydrogen-bond donors (Lipinski definition) is 1. The van der Waals surface area contributed by atoms with Gasteiger partial charge in [0.2, 0.25) is 0 Å². The largest absolute Gasteiger partial charge is 0.338 e. The fourth-order valence-corrected chi connectivity index (χ4v) is 2.82. The average molecular weight is 346 g/mol. The van der Waals surface area contributed by atoms with Gasteiger partial charge in [-0.25, -0.2) is 0 Å². The van der Waals surface area contributed by atoms with Gasteiger partial charge in [-0.05, 0) is 57.2 Å². The number of pyridine rings is 1. The van der Waals surface area contributed by atoms with E-state index in [9.17, 15) is 4.79 Å². The number of carbonyl (C=O) groups excluding carboxylic acids is 1. The standard InChI is InChI=1S/C16H23N3O.2ClH/c1-12-15(3-2-8-17-12)16(20)19-9-6-14(7-10-19)18-11-13-4-5-13;;/h2-3,8,13-14,18H,4-7,9-11H2,1H3;2*1H. The molecular weight excluding hydrogens is 321 g/mol. The fourth-order valence-electron chi connectivity index (χ4n) is 2.82. The van der Waals surface area contributed by atoms with Crippen LogP contribution in [0.25, 0.3) is 0 Å². The summed E-state index contributed by atoms with van der Waals surface area (Å²) in [6, 6.07) is 4.31. The molecule has 0 aromatic carbocycles. The first kappa shape index (κ1) is 19.2. The van der Waals surface area contributed by atoms with E-state index in [1.54, 1.807) is 6.20 Å². The van der Waals surface area contributed by atoms with Gasteiger partial charge < -0.3 is 10.2 Å². The Labute approximate surface area is 144 Å². The number of likely N-dealkylation sites (tertiary alicyclic amines) is 1. The maximum absolute atomic E-state index is 12.5. The van der Waals surface area contributed by atoms with Gasteiger partial charge in [-0.1, -0.05) is 0 Å². The minimum absolute atomic E-state index is 0.